The minimum absolute atomic E-state index is 0.183. The van der Waals surface area contributed by atoms with Crippen LogP contribution in [-0.4, -0.2) is 25.7 Å². The van der Waals surface area contributed by atoms with E-state index in [-0.39, 0.29) is 12.1 Å². The molecule has 0 aliphatic heterocycles. The molecule has 0 bridgehead atoms. The van der Waals surface area contributed by atoms with Gasteiger partial charge in [0.15, 0.2) is 0 Å². The second-order valence-corrected chi connectivity index (χ2v) is 6.96. The number of rotatable bonds is 5. The second-order valence-electron chi connectivity index (χ2n) is 6.05. The van der Waals surface area contributed by atoms with Crippen LogP contribution >= 0.6 is 15.9 Å². The van der Waals surface area contributed by atoms with Gasteiger partial charge in [0.25, 0.3) is 0 Å². The largest absolute Gasteiger partial charge is 0.370 e. The van der Waals surface area contributed by atoms with Crippen molar-refractivity contribution < 1.29 is 4.79 Å². The number of benzene rings is 2. The highest BCUT2D eigenvalue weighted by Crippen LogP contribution is 2.25. The van der Waals surface area contributed by atoms with Crippen molar-refractivity contribution in [1.29, 1.82) is 0 Å². The number of aryl methyl sites for hydroxylation is 2. The molecule has 2 aromatic rings. The average molecular weight is 390 g/mol. The van der Waals surface area contributed by atoms with Gasteiger partial charge in [0.2, 0.25) is 0 Å². The van der Waals surface area contributed by atoms with Gasteiger partial charge in [0, 0.05) is 35.5 Å². The highest BCUT2D eigenvalue weighted by molar-refractivity contribution is 9.10. The summed E-state index contributed by atoms with van der Waals surface area (Å²) in [5, 5.41) is 5.90. The molecule has 2 amide bonds. The first kappa shape index (κ1) is 18.3. The van der Waals surface area contributed by atoms with E-state index in [2.05, 4.69) is 50.5 Å². The van der Waals surface area contributed by atoms with Crippen LogP contribution in [0.5, 0.6) is 0 Å². The molecule has 2 aromatic carbocycles. The van der Waals surface area contributed by atoms with Crippen LogP contribution in [0.1, 0.15) is 18.1 Å². The van der Waals surface area contributed by atoms with Crippen LogP contribution in [0, 0.1) is 13.8 Å². The summed E-state index contributed by atoms with van der Waals surface area (Å²) in [6.07, 6.45) is 0. The van der Waals surface area contributed by atoms with Crippen molar-refractivity contribution in [1.82, 2.24) is 5.32 Å². The molecule has 0 aliphatic rings. The van der Waals surface area contributed by atoms with Gasteiger partial charge in [-0.25, -0.2) is 4.79 Å². The zero-order chi connectivity index (χ0) is 17.7. The molecule has 0 radical (unpaired) electrons. The Hall–Kier alpha value is -2.01. The second kappa shape index (κ2) is 8.20. The van der Waals surface area contributed by atoms with E-state index >= 15 is 0 Å². The number of halogens is 1. The van der Waals surface area contributed by atoms with Crippen molar-refractivity contribution in [2.24, 2.45) is 0 Å². The molecule has 4 nitrogen and oxygen atoms in total. The molecule has 0 aliphatic carbocycles. The van der Waals surface area contributed by atoms with E-state index in [1.54, 1.807) is 0 Å². The molecular formula is C19H24BrN3O. The molecule has 0 fully saturated rings. The molecule has 1 unspecified atom stereocenters. The summed E-state index contributed by atoms with van der Waals surface area (Å²) in [7, 11) is 2.03. The molecule has 24 heavy (non-hydrogen) atoms. The van der Waals surface area contributed by atoms with Crippen LogP contribution in [0.3, 0.4) is 0 Å². The third kappa shape index (κ3) is 4.74. The van der Waals surface area contributed by atoms with E-state index < -0.39 is 0 Å². The highest BCUT2D eigenvalue weighted by Gasteiger charge is 2.12. The number of nitrogens with zero attached hydrogens (tertiary/aromatic N) is 1. The summed E-state index contributed by atoms with van der Waals surface area (Å²) in [5.41, 5.74) is 4.06. The third-order valence-corrected chi connectivity index (χ3v) is 4.58. The van der Waals surface area contributed by atoms with Gasteiger partial charge in [-0.1, -0.05) is 34.1 Å². The molecule has 128 valence electrons. The van der Waals surface area contributed by atoms with Gasteiger partial charge in [-0.2, -0.15) is 0 Å². The summed E-state index contributed by atoms with van der Waals surface area (Å²) in [4.78, 5) is 14.4. The topological polar surface area (TPSA) is 44.4 Å². The maximum absolute atomic E-state index is 12.2. The monoisotopic (exact) mass is 389 g/mol. The molecular weight excluding hydrogens is 366 g/mol. The lowest BCUT2D eigenvalue weighted by Gasteiger charge is -2.27. The van der Waals surface area contributed by atoms with Crippen molar-refractivity contribution >= 4 is 33.3 Å². The lowest BCUT2D eigenvalue weighted by atomic mass is 10.1. The number of para-hydroxylation sites is 1. The van der Waals surface area contributed by atoms with Gasteiger partial charge in [0.1, 0.15) is 0 Å². The zero-order valence-corrected chi connectivity index (χ0v) is 16.1. The molecule has 1 atom stereocenters. The zero-order valence-electron chi connectivity index (χ0n) is 14.6. The van der Waals surface area contributed by atoms with Crippen LogP contribution in [0.25, 0.3) is 0 Å². The maximum Gasteiger partial charge on any atom is 0.319 e. The van der Waals surface area contributed by atoms with Crippen molar-refractivity contribution in [3.05, 3.63) is 58.1 Å². The number of hydrogen-bond acceptors (Lipinski definition) is 2. The number of likely N-dealkylation sites (N-methyl/N-ethyl adjacent to an activating group) is 1. The number of carbonyl (C=O) groups is 1. The Labute approximate surface area is 152 Å². The van der Waals surface area contributed by atoms with E-state index in [4.69, 9.17) is 0 Å². The lowest BCUT2D eigenvalue weighted by molar-refractivity contribution is 0.251. The van der Waals surface area contributed by atoms with Gasteiger partial charge < -0.3 is 15.5 Å². The standard InChI is InChI=1S/C19H24BrN3O/c1-13-10-16(20)11-14(2)18(13)22-19(24)21-12-15(3)23(4)17-8-6-5-7-9-17/h5-11,15H,12H2,1-4H3,(H2,21,22,24). The minimum atomic E-state index is -0.183. The van der Waals surface area contributed by atoms with E-state index in [1.165, 1.54) is 0 Å². The summed E-state index contributed by atoms with van der Waals surface area (Å²) >= 11 is 3.47. The van der Waals surface area contributed by atoms with Gasteiger partial charge in [-0.15, -0.1) is 0 Å². The predicted octanol–water partition coefficient (Wildman–Crippen LogP) is 4.71. The molecule has 2 rings (SSSR count). The predicted molar refractivity (Wildman–Crippen MR) is 105 cm³/mol. The van der Waals surface area contributed by atoms with E-state index in [0.29, 0.717) is 6.54 Å². The van der Waals surface area contributed by atoms with Crippen molar-refractivity contribution in [2.75, 3.05) is 23.8 Å². The fourth-order valence-corrected chi connectivity index (χ4v) is 3.25. The van der Waals surface area contributed by atoms with Crippen LogP contribution in [0.4, 0.5) is 16.2 Å². The van der Waals surface area contributed by atoms with Gasteiger partial charge in [-0.05, 0) is 56.2 Å². The number of hydrogen-bond donors (Lipinski definition) is 2. The lowest BCUT2D eigenvalue weighted by Crippen LogP contribution is -2.41. The smallest absolute Gasteiger partial charge is 0.319 e. The minimum Gasteiger partial charge on any atom is -0.370 e. The van der Waals surface area contributed by atoms with Gasteiger partial charge in [-0.3, -0.25) is 0 Å². The summed E-state index contributed by atoms with van der Waals surface area (Å²) in [6, 6.07) is 14.1. The van der Waals surface area contributed by atoms with Crippen LogP contribution < -0.4 is 15.5 Å². The number of urea groups is 1. The summed E-state index contributed by atoms with van der Waals surface area (Å²) in [5.74, 6) is 0. The number of carbonyl (C=O) groups excluding carboxylic acids is 1. The van der Waals surface area contributed by atoms with Crippen LogP contribution in [0.15, 0.2) is 46.9 Å². The Kier molecular flexibility index (Phi) is 6.26. The Morgan fingerprint density at radius 2 is 1.75 bits per heavy atom. The molecule has 2 N–H and O–H groups in total. The summed E-state index contributed by atoms with van der Waals surface area (Å²) in [6.45, 7) is 6.62. The Bertz CT molecular complexity index is 680. The van der Waals surface area contributed by atoms with E-state index in [1.807, 2.05) is 51.2 Å². The molecule has 0 saturated carbocycles. The van der Waals surface area contributed by atoms with E-state index in [9.17, 15) is 4.79 Å². The van der Waals surface area contributed by atoms with Crippen LogP contribution in [-0.2, 0) is 0 Å². The Balaban J connectivity index is 1.92. The SMILES string of the molecule is Cc1cc(Br)cc(C)c1NC(=O)NCC(C)N(C)c1ccccc1. The van der Waals surface area contributed by atoms with Crippen LogP contribution in [0.2, 0.25) is 0 Å². The fourth-order valence-electron chi connectivity index (χ4n) is 2.56. The van der Waals surface area contributed by atoms with Crippen molar-refractivity contribution in [3.63, 3.8) is 0 Å². The molecule has 5 heteroatoms. The van der Waals surface area contributed by atoms with Crippen molar-refractivity contribution in [2.45, 2.75) is 26.8 Å². The molecule has 0 saturated heterocycles. The van der Waals surface area contributed by atoms with Gasteiger partial charge in [0.05, 0.1) is 0 Å². The number of amides is 2. The first-order chi connectivity index (χ1) is 11.4. The normalized spacial score (nSPS) is 11.7. The molecule has 0 heterocycles. The maximum atomic E-state index is 12.2. The van der Waals surface area contributed by atoms with E-state index in [0.717, 1.165) is 27.0 Å². The summed E-state index contributed by atoms with van der Waals surface area (Å²) < 4.78 is 1.02. The fraction of sp³-hybridized carbons (Fsp3) is 0.316. The third-order valence-electron chi connectivity index (χ3n) is 4.12. The Morgan fingerprint density at radius 1 is 1.17 bits per heavy atom. The molecule has 0 spiro atoms. The van der Waals surface area contributed by atoms with Crippen molar-refractivity contribution in [3.8, 4) is 0 Å². The number of anilines is 2. The molecule has 0 aromatic heterocycles. The quantitative estimate of drug-likeness (QED) is 0.777. The Morgan fingerprint density at radius 3 is 2.33 bits per heavy atom. The highest BCUT2D eigenvalue weighted by atomic mass is 79.9. The first-order valence-corrected chi connectivity index (χ1v) is 8.77. The first-order valence-electron chi connectivity index (χ1n) is 7.98. The average Bonchev–Trinajstić information content (AvgIpc) is 2.56. The van der Waals surface area contributed by atoms with Gasteiger partial charge >= 0.3 is 6.03 Å². The number of nitrogens with one attached hydrogen (secondary N) is 2.